The first-order valence-corrected chi connectivity index (χ1v) is 5.05. The van der Waals surface area contributed by atoms with Gasteiger partial charge in [-0.25, -0.2) is 4.79 Å². The summed E-state index contributed by atoms with van der Waals surface area (Å²) in [6.07, 6.45) is 4.48. The molecular formula is C11H11N3O3. The predicted molar refractivity (Wildman–Crippen MR) is 59.4 cm³/mol. The van der Waals surface area contributed by atoms with Crippen molar-refractivity contribution in [2.75, 3.05) is 0 Å². The van der Waals surface area contributed by atoms with Crippen molar-refractivity contribution < 1.29 is 9.21 Å². The van der Waals surface area contributed by atoms with Crippen LogP contribution in [-0.4, -0.2) is 16.1 Å². The van der Waals surface area contributed by atoms with Gasteiger partial charge >= 0.3 is 5.63 Å². The second-order valence-corrected chi connectivity index (χ2v) is 3.57. The van der Waals surface area contributed by atoms with Gasteiger partial charge in [0.2, 0.25) is 0 Å². The van der Waals surface area contributed by atoms with Crippen molar-refractivity contribution in [1.29, 1.82) is 0 Å². The number of amides is 1. The Morgan fingerprint density at radius 3 is 2.94 bits per heavy atom. The van der Waals surface area contributed by atoms with Crippen molar-refractivity contribution in [3.8, 4) is 0 Å². The highest BCUT2D eigenvalue weighted by molar-refractivity contribution is 5.93. The Kier molecular flexibility index (Phi) is 3.04. The molecule has 88 valence electrons. The van der Waals surface area contributed by atoms with E-state index < -0.39 is 5.63 Å². The number of nitrogens with one attached hydrogen (secondary N) is 2. The molecule has 0 aliphatic carbocycles. The number of rotatable bonds is 3. The van der Waals surface area contributed by atoms with Crippen LogP contribution in [0, 0.1) is 0 Å². The van der Waals surface area contributed by atoms with Gasteiger partial charge in [-0.05, 0) is 13.0 Å². The first-order chi connectivity index (χ1) is 8.16. The molecule has 0 saturated heterocycles. The van der Waals surface area contributed by atoms with Gasteiger partial charge in [0.1, 0.15) is 6.26 Å². The van der Waals surface area contributed by atoms with Gasteiger partial charge in [-0.3, -0.25) is 9.89 Å². The number of H-pyrrole nitrogens is 1. The molecule has 0 spiro atoms. The molecule has 0 aromatic carbocycles. The summed E-state index contributed by atoms with van der Waals surface area (Å²) in [6.45, 7) is 1.84. The molecule has 0 radical (unpaired) electrons. The summed E-state index contributed by atoms with van der Waals surface area (Å²) in [5.41, 5.74) is 0.695. The minimum Gasteiger partial charge on any atom is -0.430 e. The molecule has 0 aliphatic rings. The third-order valence-corrected chi connectivity index (χ3v) is 2.33. The zero-order valence-corrected chi connectivity index (χ0v) is 9.14. The predicted octanol–water partition coefficient (Wildman–Crippen LogP) is 0.854. The van der Waals surface area contributed by atoms with E-state index in [0.717, 1.165) is 11.8 Å². The quantitative estimate of drug-likeness (QED) is 0.822. The minimum atomic E-state index is -0.482. The Bertz CT molecular complexity index is 539. The van der Waals surface area contributed by atoms with Gasteiger partial charge in [0, 0.05) is 17.8 Å². The first-order valence-electron chi connectivity index (χ1n) is 5.05. The van der Waals surface area contributed by atoms with Crippen molar-refractivity contribution in [3.05, 3.63) is 52.3 Å². The number of aromatic nitrogens is 2. The second kappa shape index (κ2) is 4.65. The maximum atomic E-state index is 11.8. The van der Waals surface area contributed by atoms with E-state index in [4.69, 9.17) is 0 Å². The van der Waals surface area contributed by atoms with Crippen LogP contribution in [0.25, 0.3) is 0 Å². The Morgan fingerprint density at radius 2 is 2.35 bits per heavy atom. The number of nitrogens with zero attached hydrogens (tertiary/aromatic N) is 1. The summed E-state index contributed by atoms with van der Waals surface area (Å²) in [6, 6.07) is 2.45. The van der Waals surface area contributed by atoms with Gasteiger partial charge in [-0.2, -0.15) is 5.10 Å². The lowest BCUT2D eigenvalue weighted by atomic mass is 10.2. The number of aromatic amines is 1. The highest BCUT2D eigenvalue weighted by Crippen LogP contribution is 2.10. The lowest BCUT2D eigenvalue weighted by Crippen LogP contribution is -2.26. The van der Waals surface area contributed by atoms with Gasteiger partial charge in [0.05, 0.1) is 17.8 Å². The van der Waals surface area contributed by atoms with E-state index in [1.807, 2.05) is 6.92 Å². The van der Waals surface area contributed by atoms with E-state index in [9.17, 15) is 9.59 Å². The fraction of sp³-hybridized carbons (Fsp3) is 0.182. The number of carbonyl (C=O) groups is 1. The van der Waals surface area contributed by atoms with Crippen LogP contribution in [0.3, 0.4) is 0 Å². The molecule has 1 atom stereocenters. The molecule has 17 heavy (non-hydrogen) atoms. The molecule has 0 bridgehead atoms. The largest absolute Gasteiger partial charge is 0.430 e. The molecule has 2 N–H and O–H groups in total. The van der Waals surface area contributed by atoms with Crippen molar-refractivity contribution >= 4 is 5.91 Å². The fourth-order valence-electron chi connectivity index (χ4n) is 1.35. The standard InChI is InChI=1S/C11H11N3O3/c1-7(9-4-12-13-5-9)14-11(16)8-2-3-10(15)17-6-8/h2-7H,1H3,(H,12,13)(H,14,16). The molecule has 2 aromatic rings. The van der Waals surface area contributed by atoms with Gasteiger partial charge in [0.15, 0.2) is 0 Å². The molecule has 1 unspecified atom stereocenters. The summed E-state index contributed by atoms with van der Waals surface area (Å²) in [5, 5.41) is 9.23. The number of carbonyl (C=O) groups excluding carboxylic acids is 1. The maximum absolute atomic E-state index is 11.8. The van der Waals surface area contributed by atoms with Gasteiger partial charge in [-0.15, -0.1) is 0 Å². The second-order valence-electron chi connectivity index (χ2n) is 3.57. The molecule has 0 saturated carbocycles. The van der Waals surface area contributed by atoms with Crippen LogP contribution in [0.4, 0.5) is 0 Å². The Morgan fingerprint density at radius 1 is 1.53 bits per heavy atom. The minimum absolute atomic E-state index is 0.173. The SMILES string of the molecule is CC(NC(=O)c1ccc(=O)oc1)c1cn[nH]c1. The van der Waals surface area contributed by atoms with Crippen LogP contribution in [-0.2, 0) is 0 Å². The molecule has 2 aromatic heterocycles. The average molecular weight is 233 g/mol. The molecule has 0 fully saturated rings. The van der Waals surface area contributed by atoms with Crippen LogP contribution in [0.1, 0.15) is 28.9 Å². The highest BCUT2D eigenvalue weighted by atomic mass is 16.4. The maximum Gasteiger partial charge on any atom is 0.335 e. The summed E-state index contributed by atoms with van der Waals surface area (Å²) in [5.74, 6) is -0.303. The first kappa shape index (κ1) is 11.1. The highest BCUT2D eigenvalue weighted by Gasteiger charge is 2.12. The van der Waals surface area contributed by atoms with E-state index >= 15 is 0 Å². The van der Waals surface area contributed by atoms with E-state index in [2.05, 4.69) is 19.9 Å². The van der Waals surface area contributed by atoms with Crippen LogP contribution in [0.5, 0.6) is 0 Å². The average Bonchev–Trinajstić information content (AvgIpc) is 2.83. The zero-order chi connectivity index (χ0) is 12.3. The summed E-state index contributed by atoms with van der Waals surface area (Å²) < 4.78 is 4.62. The van der Waals surface area contributed by atoms with Crippen LogP contribution in [0.2, 0.25) is 0 Å². The van der Waals surface area contributed by atoms with Crippen molar-refractivity contribution in [3.63, 3.8) is 0 Å². The number of hydrogen-bond acceptors (Lipinski definition) is 4. The van der Waals surface area contributed by atoms with Gasteiger partial charge in [0.25, 0.3) is 5.91 Å². The fourth-order valence-corrected chi connectivity index (χ4v) is 1.35. The smallest absolute Gasteiger partial charge is 0.335 e. The van der Waals surface area contributed by atoms with Crippen molar-refractivity contribution in [2.24, 2.45) is 0 Å². The summed E-state index contributed by atoms with van der Waals surface area (Å²) in [7, 11) is 0. The molecule has 2 rings (SSSR count). The van der Waals surface area contributed by atoms with Gasteiger partial charge in [-0.1, -0.05) is 0 Å². The third kappa shape index (κ3) is 2.60. The van der Waals surface area contributed by atoms with Crippen molar-refractivity contribution in [2.45, 2.75) is 13.0 Å². The van der Waals surface area contributed by atoms with Crippen LogP contribution < -0.4 is 10.9 Å². The normalized spacial score (nSPS) is 12.1. The number of hydrogen-bond donors (Lipinski definition) is 2. The third-order valence-electron chi connectivity index (χ3n) is 2.33. The lowest BCUT2D eigenvalue weighted by Gasteiger charge is -2.11. The van der Waals surface area contributed by atoms with E-state index in [1.54, 1.807) is 12.4 Å². The van der Waals surface area contributed by atoms with Gasteiger partial charge < -0.3 is 9.73 Å². The Balaban J connectivity index is 2.07. The molecule has 1 amide bonds. The van der Waals surface area contributed by atoms with E-state index in [1.165, 1.54) is 12.1 Å². The molecule has 2 heterocycles. The molecule has 0 aliphatic heterocycles. The van der Waals surface area contributed by atoms with Crippen molar-refractivity contribution in [1.82, 2.24) is 15.5 Å². The zero-order valence-electron chi connectivity index (χ0n) is 9.14. The van der Waals surface area contributed by atoms with E-state index in [0.29, 0.717) is 5.56 Å². The molecule has 6 heteroatoms. The monoisotopic (exact) mass is 233 g/mol. The summed E-state index contributed by atoms with van der Waals surface area (Å²) >= 11 is 0. The summed E-state index contributed by atoms with van der Waals surface area (Å²) in [4.78, 5) is 22.5. The van der Waals surface area contributed by atoms with E-state index in [-0.39, 0.29) is 11.9 Å². The van der Waals surface area contributed by atoms with Crippen LogP contribution >= 0.6 is 0 Å². The molecule has 6 nitrogen and oxygen atoms in total. The van der Waals surface area contributed by atoms with Crippen LogP contribution in [0.15, 0.2) is 40.0 Å². The Hall–Kier alpha value is -2.37. The Labute approximate surface area is 96.7 Å². The molecular weight excluding hydrogens is 222 g/mol. The topological polar surface area (TPSA) is 88.0 Å². The lowest BCUT2D eigenvalue weighted by molar-refractivity contribution is 0.0937.